The van der Waals surface area contributed by atoms with Crippen molar-refractivity contribution in [2.75, 3.05) is 95.4 Å². The number of hydrogen-bond acceptors (Lipinski definition) is 15. The average molecular weight is 1320 g/mol. The van der Waals surface area contributed by atoms with Crippen molar-refractivity contribution in [3.05, 3.63) is 0 Å². The Kier molecular flexibility index (Phi) is 32.6. The van der Waals surface area contributed by atoms with Gasteiger partial charge in [-0.1, -0.05) is 95.9 Å². The number of unbranched alkanes of at least 4 members (excludes halogenated alkanes) is 1. The smallest absolute Gasteiger partial charge is 0.248 e. The number of morpholine rings is 1. The molecule has 3 fully saturated rings. The molecule has 0 aliphatic carbocycles. The van der Waals surface area contributed by atoms with Crippen LogP contribution >= 0.6 is 0 Å². The lowest BCUT2D eigenvalue weighted by atomic mass is 9.91. The molecule has 0 saturated carbocycles. The summed E-state index contributed by atoms with van der Waals surface area (Å²) in [6.07, 6.45) is 0.791. The van der Waals surface area contributed by atoms with Gasteiger partial charge in [0.15, 0.2) is 0 Å². The first kappa shape index (κ1) is 81.2. The standard InChI is InChI=1S/C67H120N12O14/c1-24-26-27-42(11)56-55-60(83)70-48(25-2)63(86)72(17)46(15)62(85)76(21)53(43(12)37-92-33-30-79-28-31-91-32-29-79)59(82)71-52(41(9)10)66(89)73(18)49(34-38(3)4)58(81)68-44(13)57(80)69-45(14)61(84)74(19)50(35-39(5)6)64(87)75(20)51(36-40(7)8)65(88)77(22)54(47(16)93-56)67(90)78(55)23/h38-56H,24-37H2,1-23H3,(H,68,81)(H,69,80)(H,70,83)(H,71,82). The average Bonchev–Trinajstić information content (AvgIpc) is 1.71. The van der Waals surface area contributed by atoms with Gasteiger partial charge in [0, 0.05) is 74.9 Å². The van der Waals surface area contributed by atoms with E-state index in [-0.39, 0.29) is 56.0 Å². The van der Waals surface area contributed by atoms with E-state index in [0.29, 0.717) is 32.8 Å². The van der Waals surface area contributed by atoms with Gasteiger partial charge in [0.2, 0.25) is 65.0 Å². The molecule has 11 amide bonds. The lowest BCUT2D eigenvalue weighted by Crippen LogP contribution is -2.62. The number of nitrogens with one attached hydrogen (secondary N) is 4. The summed E-state index contributed by atoms with van der Waals surface area (Å²) >= 11 is 0. The van der Waals surface area contributed by atoms with E-state index in [1.54, 1.807) is 34.6 Å². The minimum absolute atomic E-state index is 0.0136. The minimum Gasteiger partial charge on any atom is -0.380 e. The van der Waals surface area contributed by atoms with Crippen LogP contribution in [-0.4, -0.2) is 278 Å². The van der Waals surface area contributed by atoms with E-state index in [4.69, 9.17) is 14.2 Å². The Bertz CT molecular complexity index is 2530. The van der Waals surface area contributed by atoms with Crippen LogP contribution in [-0.2, 0) is 67.0 Å². The highest BCUT2D eigenvalue weighted by Crippen LogP contribution is 2.31. The summed E-state index contributed by atoms with van der Waals surface area (Å²) < 4.78 is 18.5. The van der Waals surface area contributed by atoms with Crippen molar-refractivity contribution in [2.24, 2.45) is 35.5 Å². The molecule has 0 aromatic carbocycles. The van der Waals surface area contributed by atoms with Gasteiger partial charge in [-0.15, -0.1) is 0 Å². The van der Waals surface area contributed by atoms with Gasteiger partial charge >= 0.3 is 0 Å². The first-order chi connectivity index (χ1) is 43.4. The highest BCUT2D eigenvalue weighted by atomic mass is 16.5. The number of likely N-dealkylation sites (N-methyl/N-ethyl adjacent to an activating group) is 7. The third kappa shape index (κ3) is 21.8. The number of amides is 11. The van der Waals surface area contributed by atoms with Gasteiger partial charge in [-0.05, 0) is 89.4 Å². The molecular weight excluding hydrogens is 1200 g/mol. The summed E-state index contributed by atoms with van der Waals surface area (Å²) in [6, 6.07) is -13.5. The quantitative estimate of drug-likeness (QED) is 0.144. The van der Waals surface area contributed by atoms with Crippen LogP contribution in [0.1, 0.15) is 156 Å². The highest BCUT2D eigenvalue weighted by Gasteiger charge is 2.51. The minimum atomic E-state index is -1.32. The maximum atomic E-state index is 15.3. The second kappa shape index (κ2) is 37.3. The van der Waals surface area contributed by atoms with Crippen molar-refractivity contribution in [2.45, 2.75) is 234 Å². The molecule has 3 saturated heterocycles. The SMILES string of the molecule is CCCCC(C)C1OC(C)C2C(=O)N(C)C1C(=O)NC(CC)C(=O)N(C)C(C)C(=O)N(C)C(C(C)COCCN1CCOCC1)C(=O)NC(C(C)C)C(=O)N(C)C(CC(C)C)C(=O)NC(C)C(=O)NC(C)C(=O)N(C)C(CC(C)C)C(=O)N(C)C(CC(C)C)C(=O)N2C. The molecule has 26 nitrogen and oxygen atoms in total. The van der Waals surface area contributed by atoms with E-state index in [1.165, 1.54) is 104 Å². The van der Waals surface area contributed by atoms with E-state index in [0.717, 1.165) is 25.9 Å². The molecule has 15 unspecified atom stereocenters. The molecule has 0 radical (unpaired) electrons. The number of ether oxygens (including phenoxy) is 3. The Labute approximate surface area is 555 Å². The lowest BCUT2D eigenvalue weighted by molar-refractivity contribution is -0.155. The Hall–Kier alpha value is -5.99. The van der Waals surface area contributed by atoms with E-state index in [1.807, 2.05) is 55.4 Å². The van der Waals surface area contributed by atoms with Crippen molar-refractivity contribution in [1.82, 2.24) is 60.5 Å². The molecule has 3 aliphatic heterocycles. The molecule has 3 rings (SSSR count). The van der Waals surface area contributed by atoms with Crippen molar-refractivity contribution in [3.63, 3.8) is 0 Å². The Morgan fingerprint density at radius 2 is 1.00 bits per heavy atom. The number of rotatable bonds is 18. The molecule has 532 valence electrons. The Morgan fingerprint density at radius 3 is 1.53 bits per heavy atom. The van der Waals surface area contributed by atoms with Gasteiger partial charge in [0.25, 0.3) is 0 Å². The summed E-state index contributed by atoms with van der Waals surface area (Å²) in [6.45, 7) is 31.8. The van der Waals surface area contributed by atoms with Crippen LogP contribution < -0.4 is 21.3 Å². The lowest BCUT2D eigenvalue weighted by Gasteiger charge is -2.39. The maximum absolute atomic E-state index is 15.3. The third-order valence-electron chi connectivity index (χ3n) is 18.8. The van der Waals surface area contributed by atoms with E-state index in [9.17, 15) is 28.8 Å². The summed E-state index contributed by atoms with van der Waals surface area (Å²) in [5.74, 6) is -9.18. The molecule has 0 aromatic heterocycles. The zero-order chi connectivity index (χ0) is 70.8. The van der Waals surface area contributed by atoms with E-state index < -0.39 is 155 Å². The predicted octanol–water partition coefficient (Wildman–Crippen LogP) is 2.59. The van der Waals surface area contributed by atoms with Gasteiger partial charge in [0.05, 0.1) is 38.6 Å². The molecule has 15 atom stereocenters. The van der Waals surface area contributed by atoms with Crippen LogP contribution in [0.5, 0.6) is 0 Å². The number of fused-ring (bicyclic) bond motifs is 3. The number of carbonyl (C=O) groups excluding carboxylic acids is 11. The molecule has 4 N–H and O–H groups in total. The summed E-state index contributed by atoms with van der Waals surface area (Å²) in [4.78, 5) is 174. The largest absolute Gasteiger partial charge is 0.380 e. The van der Waals surface area contributed by atoms with E-state index in [2.05, 4.69) is 26.2 Å². The molecule has 93 heavy (non-hydrogen) atoms. The van der Waals surface area contributed by atoms with Crippen LogP contribution in [0.4, 0.5) is 0 Å². The maximum Gasteiger partial charge on any atom is 0.248 e. The highest BCUT2D eigenvalue weighted by molar-refractivity contribution is 6.00. The van der Waals surface area contributed by atoms with Crippen LogP contribution in [0.3, 0.4) is 0 Å². The molecule has 26 heteroatoms. The number of hydrogen-bond donors (Lipinski definition) is 4. The zero-order valence-electron chi connectivity index (χ0n) is 60.7. The first-order valence-corrected chi connectivity index (χ1v) is 34.0. The second-order valence-electron chi connectivity index (χ2n) is 28.2. The van der Waals surface area contributed by atoms with Crippen LogP contribution in [0.15, 0.2) is 0 Å². The predicted molar refractivity (Wildman–Crippen MR) is 354 cm³/mol. The number of nitrogens with zero attached hydrogens (tertiary/aromatic N) is 8. The zero-order valence-corrected chi connectivity index (χ0v) is 60.7. The van der Waals surface area contributed by atoms with Gasteiger partial charge in [-0.2, -0.15) is 0 Å². The fourth-order valence-corrected chi connectivity index (χ4v) is 12.7. The van der Waals surface area contributed by atoms with Gasteiger partial charge < -0.3 is 69.8 Å². The van der Waals surface area contributed by atoms with Crippen molar-refractivity contribution in [3.8, 4) is 0 Å². The van der Waals surface area contributed by atoms with Crippen molar-refractivity contribution >= 4 is 65.0 Å². The monoisotopic (exact) mass is 1320 g/mol. The summed E-state index contributed by atoms with van der Waals surface area (Å²) in [5, 5.41) is 11.3. The first-order valence-electron chi connectivity index (χ1n) is 34.0. The number of carbonyl (C=O) groups is 11. The topological polar surface area (TPSA) is 290 Å². The fourth-order valence-electron chi connectivity index (χ4n) is 12.7. The van der Waals surface area contributed by atoms with Gasteiger partial charge in [0.1, 0.15) is 66.5 Å². The van der Waals surface area contributed by atoms with Crippen molar-refractivity contribution in [1.29, 1.82) is 0 Å². The van der Waals surface area contributed by atoms with Crippen LogP contribution in [0, 0.1) is 35.5 Å². The van der Waals surface area contributed by atoms with Gasteiger partial charge in [-0.3, -0.25) is 57.6 Å². The molecule has 0 aromatic rings. The fraction of sp³-hybridized carbons (Fsp3) is 0.836. The van der Waals surface area contributed by atoms with E-state index >= 15 is 24.0 Å². The molecular formula is C67H120N12O14. The molecule has 0 spiro atoms. The van der Waals surface area contributed by atoms with Crippen LogP contribution in [0.25, 0.3) is 0 Å². The van der Waals surface area contributed by atoms with Crippen LogP contribution in [0.2, 0.25) is 0 Å². The summed E-state index contributed by atoms with van der Waals surface area (Å²) in [5.41, 5.74) is 0. The molecule has 2 bridgehead atoms. The second-order valence-corrected chi connectivity index (χ2v) is 28.2. The van der Waals surface area contributed by atoms with Gasteiger partial charge in [-0.25, -0.2) is 0 Å². The van der Waals surface area contributed by atoms with Crippen molar-refractivity contribution < 1.29 is 67.0 Å². The Morgan fingerprint density at radius 1 is 0.495 bits per heavy atom. The Balaban J connectivity index is 2.31. The summed E-state index contributed by atoms with van der Waals surface area (Å²) in [7, 11) is 10.2. The molecule has 3 heterocycles. The third-order valence-corrected chi connectivity index (χ3v) is 18.8. The molecule has 3 aliphatic rings. The normalized spacial score (nSPS) is 29.6.